The number of fused-ring (bicyclic) bond motifs is 1. The van der Waals surface area contributed by atoms with Gasteiger partial charge in [0.05, 0.1) is 23.2 Å². The number of hydrogen-bond acceptors (Lipinski definition) is 4. The zero-order valence-corrected chi connectivity index (χ0v) is 13.1. The van der Waals surface area contributed by atoms with E-state index in [4.69, 9.17) is 5.11 Å². The fourth-order valence-corrected chi connectivity index (χ4v) is 2.72. The lowest BCUT2D eigenvalue weighted by Crippen LogP contribution is -2.23. The summed E-state index contributed by atoms with van der Waals surface area (Å²) in [6.07, 6.45) is 5.96. The molecule has 0 bridgehead atoms. The van der Waals surface area contributed by atoms with E-state index in [0.717, 1.165) is 0 Å². The van der Waals surface area contributed by atoms with Crippen LogP contribution < -0.4 is 5.56 Å². The third-order valence-electron chi connectivity index (χ3n) is 3.85. The van der Waals surface area contributed by atoms with Gasteiger partial charge in [0, 0.05) is 6.20 Å². The molecule has 5 nitrogen and oxygen atoms in total. The van der Waals surface area contributed by atoms with Crippen molar-refractivity contribution in [3.8, 4) is 11.4 Å². The van der Waals surface area contributed by atoms with E-state index in [1.54, 1.807) is 30.5 Å². The Morgan fingerprint density at radius 2 is 1.88 bits per heavy atom. The first-order valence-corrected chi connectivity index (χ1v) is 7.77. The van der Waals surface area contributed by atoms with Gasteiger partial charge in [0.25, 0.3) is 5.56 Å². The van der Waals surface area contributed by atoms with Crippen LogP contribution in [0.4, 0.5) is 0 Å². The zero-order chi connectivity index (χ0) is 16.9. The van der Waals surface area contributed by atoms with Crippen molar-refractivity contribution in [1.82, 2.24) is 9.55 Å². The predicted molar refractivity (Wildman–Crippen MR) is 93.6 cm³/mol. The Bertz CT molecular complexity index is 930. The summed E-state index contributed by atoms with van der Waals surface area (Å²) < 4.78 is 1.53. The second-order valence-corrected chi connectivity index (χ2v) is 5.37. The first-order valence-electron chi connectivity index (χ1n) is 7.77. The minimum Gasteiger partial charge on any atom is -0.507 e. The SMILES string of the molecule is O=c1c(CC/C=C\CO)c(O)c2cccnc2n1-c1ccccc1. The van der Waals surface area contributed by atoms with Gasteiger partial charge in [0.1, 0.15) is 5.75 Å². The molecule has 2 heterocycles. The summed E-state index contributed by atoms with van der Waals surface area (Å²) in [5, 5.41) is 19.9. The van der Waals surface area contributed by atoms with Gasteiger partial charge in [-0.25, -0.2) is 4.98 Å². The lowest BCUT2D eigenvalue weighted by atomic mass is 10.1. The molecular formula is C19H18N2O3. The smallest absolute Gasteiger partial charge is 0.263 e. The number of benzene rings is 1. The summed E-state index contributed by atoms with van der Waals surface area (Å²) in [7, 11) is 0. The molecule has 5 heteroatoms. The first-order chi connectivity index (χ1) is 11.7. The van der Waals surface area contributed by atoms with Gasteiger partial charge in [0.15, 0.2) is 5.65 Å². The summed E-state index contributed by atoms with van der Waals surface area (Å²) in [6, 6.07) is 12.7. The maximum atomic E-state index is 13.0. The number of aliphatic hydroxyl groups is 1. The Balaban J connectivity index is 2.22. The van der Waals surface area contributed by atoms with Crippen molar-refractivity contribution in [2.24, 2.45) is 0 Å². The standard InChI is InChI=1S/C19H18N2O3/c22-13-6-2-5-10-16-17(23)15-11-7-12-20-18(15)21(19(16)24)14-8-3-1-4-9-14/h1-4,6-9,11-12,22-23H,5,10,13H2/b6-2-. The van der Waals surface area contributed by atoms with E-state index in [-0.39, 0.29) is 17.9 Å². The predicted octanol–water partition coefficient (Wildman–Crippen LogP) is 2.57. The minimum absolute atomic E-state index is 0.0207. The fraction of sp³-hybridized carbons (Fsp3) is 0.158. The Morgan fingerprint density at radius 1 is 1.08 bits per heavy atom. The van der Waals surface area contributed by atoms with Crippen LogP contribution >= 0.6 is 0 Å². The quantitative estimate of drug-likeness (QED) is 0.708. The molecule has 0 amide bonds. The second kappa shape index (κ2) is 7.10. The molecule has 122 valence electrons. The highest BCUT2D eigenvalue weighted by atomic mass is 16.3. The molecule has 0 aliphatic carbocycles. The van der Waals surface area contributed by atoms with Gasteiger partial charge in [-0.1, -0.05) is 30.4 Å². The van der Waals surface area contributed by atoms with Crippen LogP contribution in [0.5, 0.6) is 5.75 Å². The molecule has 0 saturated heterocycles. The molecular weight excluding hydrogens is 304 g/mol. The summed E-state index contributed by atoms with van der Waals surface area (Å²) in [5.41, 5.74) is 1.21. The molecule has 0 fully saturated rings. The monoisotopic (exact) mass is 322 g/mol. The van der Waals surface area contributed by atoms with E-state index in [9.17, 15) is 9.90 Å². The van der Waals surface area contributed by atoms with Crippen LogP contribution in [0.3, 0.4) is 0 Å². The van der Waals surface area contributed by atoms with E-state index < -0.39 is 0 Å². The normalized spacial score (nSPS) is 11.4. The molecule has 0 aliphatic rings. The van der Waals surface area contributed by atoms with Gasteiger partial charge in [-0.05, 0) is 37.1 Å². The number of allylic oxidation sites excluding steroid dienone is 1. The topological polar surface area (TPSA) is 75.3 Å². The number of pyridine rings is 2. The number of aliphatic hydroxyl groups excluding tert-OH is 1. The highest BCUT2D eigenvalue weighted by Gasteiger charge is 2.17. The number of para-hydroxylation sites is 1. The summed E-state index contributed by atoms with van der Waals surface area (Å²) >= 11 is 0. The molecule has 0 unspecified atom stereocenters. The number of aromatic nitrogens is 2. The third kappa shape index (κ3) is 2.94. The summed E-state index contributed by atoms with van der Waals surface area (Å²) in [6.45, 7) is -0.0398. The zero-order valence-electron chi connectivity index (χ0n) is 13.1. The lowest BCUT2D eigenvalue weighted by Gasteiger charge is -2.14. The molecule has 24 heavy (non-hydrogen) atoms. The van der Waals surface area contributed by atoms with Crippen molar-refractivity contribution < 1.29 is 10.2 Å². The maximum absolute atomic E-state index is 13.0. The van der Waals surface area contributed by atoms with Crippen molar-refractivity contribution in [2.75, 3.05) is 6.61 Å². The van der Waals surface area contributed by atoms with Gasteiger partial charge in [-0.15, -0.1) is 0 Å². The molecule has 0 spiro atoms. The highest BCUT2D eigenvalue weighted by molar-refractivity contribution is 5.84. The number of aromatic hydroxyl groups is 1. The molecule has 0 radical (unpaired) electrons. The van der Waals surface area contributed by atoms with Crippen LogP contribution in [0.15, 0.2) is 65.6 Å². The summed E-state index contributed by atoms with van der Waals surface area (Å²) in [5.74, 6) is -0.0207. The van der Waals surface area contributed by atoms with E-state index in [0.29, 0.717) is 35.1 Å². The Hall–Kier alpha value is -2.92. The van der Waals surface area contributed by atoms with Crippen molar-refractivity contribution >= 4 is 11.0 Å². The molecule has 2 N–H and O–H groups in total. The molecule has 3 rings (SSSR count). The van der Waals surface area contributed by atoms with Crippen molar-refractivity contribution in [1.29, 1.82) is 0 Å². The van der Waals surface area contributed by atoms with Crippen LogP contribution in [0.1, 0.15) is 12.0 Å². The Labute approximate surface area is 139 Å². The van der Waals surface area contributed by atoms with Gasteiger partial charge in [-0.3, -0.25) is 9.36 Å². The Morgan fingerprint density at radius 3 is 2.62 bits per heavy atom. The van der Waals surface area contributed by atoms with Gasteiger partial charge in [0.2, 0.25) is 0 Å². The maximum Gasteiger partial charge on any atom is 0.263 e. The second-order valence-electron chi connectivity index (χ2n) is 5.37. The van der Waals surface area contributed by atoms with Crippen molar-refractivity contribution in [3.05, 3.63) is 76.7 Å². The van der Waals surface area contributed by atoms with Crippen LogP contribution in [0.25, 0.3) is 16.7 Å². The van der Waals surface area contributed by atoms with Gasteiger partial charge in [-0.2, -0.15) is 0 Å². The highest BCUT2D eigenvalue weighted by Crippen LogP contribution is 2.27. The molecule has 0 atom stereocenters. The van der Waals surface area contributed by atoms with E-state index in [1.807, 2.05) is 30.3 Å². The van der Waals surface area contributed by atoms with E-state index in [2.05, 4.69) is 4.98 Å². The molecule has 1 aromatic carbocycles. The number of hydrogen-bond donors (Lipinski definition) is 2. The van der Waals surface area contributed by atoms with Gasteiger partial charge >= 0.3 is 0 Å². The van der Waals surface area contributed by atoms with E-state index >= 15 is 0 Å². The Kier molecular flexibility index (Phi) is 4.72. The molecule has 0 aliphatic heterocycles. The minimum atomic E-state index is -0.276. The molecule has 3 aromatic rings. The lowest BCUT2D eigenvalue weighted by molar-refractivity contribution is 0.342. The fourth-order valence-electron chi connectivity index (χ4n) is 2.72. The van der Waals surface area contributed by atoms with Crippen LogP contribution in [0.2, 0.25) is 0 Å². The average Bonchev–Trinajstić information content (AvgIpc) is 2.62. The van der Waals surface area contributed by atoms with Crippen LogP contribution in [0, 0.1) is 0 Å². The van der Waals surface area contributed by atoms with Gasteiger partial charge < -0.3 is 10.2 Å². The summed E-state index contributed by atoms with van der Waals surface area (Å²) in [4.78, 5) is 17.2. The first kappa shape index (κ1) is 16.0. The van der Waals surface area contributed by atoms with Crippen molar-refractivity contribution in [2.45, 2.75) is 12.8 Å². The molecule has 2 aromatic heterocycles. The third-order valence-corrected chi connectivity index (χ3v) is 3.85. The largest absolute Gasteiger partial charge is 0.507 e. The number of rotatable bonds is 5. The van der Waals surface area contributed by atoms with E-state index in [1.165, 1.54) is 4.57 Å². The number of nitrogens with zero attached hydrogens (tertiary/aromatic N) is 2. The average molecular weight is 322 g/mol. The van der Waals surface area contributed by atoms with Crippen molar-refractivity contribution in [3.63, 3.8) is 0 Å². The molecule has 0 saturated carbocycles. The van der Waals surface area contributed by atoms with Crippen LogP contribution in [-0.4, -0.2) is 26.4 Å². The van der Waals surface area contributed by atoms with Crippen LogP contribution in [-0.2, 0) is 6.42 Å².